The predicted molar refractivity (Wildman–Crippen MR) is 126 cm³/mol. The summed E-state index contributed by atoms with van der Waals surface area (Å²) in [6, 6.07) is 16.7. The second-order valence-electron chi connectivity index (χ2n) is 11.2. The Morgan fingerprint density at radius 1 is 0.667 bits per heavy atom. The van der Waals surface area contributed by atoms with Crippen LogP contribution in [0.5, 0.6) is 11.5 Å². The first kappa shape index (κ1) is 21.8. The van der Waals surface area contributed by atoms with Gasteiger partial charge in [0.2, 0.25) is 0 Å². The number of nitriles is 2. The molecule has 4 bridgehead atoms. The molecule has 0 spiro atoms. The standard InChI is InChI=1S/C29H32N2O2/c1-3-13-27-14-26(4-2)15-28(17-27,22-5-9-24(10-6-22)32-20-30)19-29(16-26,18-27)23-7-11-25(12-8-23)33-21-31/h5-12H,3-4,13-19H2,1-2H3. The van der Waals surface area contributed by atoms with E-state index in [-0.39, 0.29) is 10.8 Å². The zero-order valence-electron chi connectivity index (χ0n) is 19.7. The van der Waals surface area contributed by atoms with E-state index in [0.29, 0.717) is 22.3 Å². The molecule has 0 saturated heterocycles. The average molecular weight is 441 g/mol. The summed E-state index contributed by atoms with van der Waals surface area (Å²) >= 11 is 0. The van der Waals surface area contributed by atoms with E-state index in [0.717, 1.165) is 6.42 Å². The number of rotatable bonds is 7. The van der Waals surface area contributed by atoms with Crippen LogP contribution in [0.15, 0.2) is 48.5 Å². The van der Waals surface area contributed by atoms with Crippen LogP contribution >= 0.6 is 0 Å². The van der Waals surface area contributed by atoms with E-state index in [1.807, 2.05) is 24.3 Å². The van der Waals surface area contributed by atoms with Crippen LogP contribution in [-0.2, 0) is 10.8 Å². The second-order valence-corrected chi connectivity index (χ2v) is 11.2. The lowest BCUT2D eigenvalue weighted by Gasteiger charge is -2.71. The van der Waals surface area contributed by atoms with Gasteiger partial charge in [-0.25, -0.2) is 0 Å². The maximum Gasteiger partial charge on any atom is 0.292 e. The number of ether oxygens (including phenoxy) is 2. The first-order valence-corrected chi connectivity index (χ1v) is 12.3. The van der Waals surface area contributed by atoms with E-state index in [2.05, 4.69) is 38.1 Å². The van der Waals surface area contributed by atoms with Crippen molar-refractivity contribution in [3.05, 3.63) is 59.7 Å². The van der Waals surface area contributed by atoms with Gasteiger partial charge in [0.05, 0.1) is 0 Å². The highest BCUT2D eigenvalue weighted by atomic mass is 16.5. The van der Waals surface area contributed by atoms with Gasteiger partial charge in [0, 0.05) is 0 Å². The maximum absolute atomic E-state index is 8.89. The van der Waals surface area contributed by atoms with E-state index in [1.165, 1.54) is 62.5 Å². The Labute approximate surface area is 197 Å². The van der Waals surface area contributed by atoms with Gasteiger partial charge in [0.25, 0.3) is 12.5 Å². The van der Waals surface area contributed by atoms with Gasteiger partial charge in [0.15, 0.2) is 0 Å². The molecule has 0 radical (unpaired) electrons. The molecule has 4 fully saturated rings. The molecule has 33 heavy (non-hydrogen) atoms. The quantitative estimate of drug-likeness (QED) is 0.429. The van der Waals surface area contributed by atoms with Crippen molar-refractivity contribution in [1.82, 2.24) is 0 Å². The van der Waals surface area contributed by atoms with Gasteiger partial charge >= 0.3 is 0 Å². The molecule has 0 aromatic heterocycles. The highest BCUT2D eigenvalue weighted by Gasteiger charge is 2.67. The zero-order valence-corrected chi connectivity index (χ0v) is 19.7. The fourth-order valence-electron chi connectivity index (χ4n) is 8.71. The highest BCUT2D eigenvalue weighted by molar-refractivity contribution is 5.43. The molecule has 0 N–H and O–H groups in total. The van der Waals surface area contributed by atoms with Crippen LogP contribution in [0.25, 0.3) is 0 Å². The van der Waals surface area contributed by atoms with Gasteiger partial charge in [-0.15, -0.1) is 10.5 Å². The second kappa shape index (κ2) is 7.81. The summed E-state index contributed by atoms with van der Waals surface area (Å²) < 4.78 is 10.1. The average Bonchev–Trinajstić information content (AvgIpc) is 2.79. The Kier molecular flexibility index (Phi) is 5.17. The van der Waals surface area contributed by atoms with Crippen molar-refractivity contribution >= 4 is 0 Å². The predicted octanol–water partition coefficient (Wildman–Crippen LogP) is 7.15. The fourth-order valence-corrected chi connectivity index (χ4v) is 8.71. The molecule has 2 aromatic rings. The SMILES string of the molecule is CCCC12CC3(CC)CC(c4ccc(OC#N)cc4)(C1)CC(c1ccc(OC#N)cc1)(C3)C2. The minimum atomic E-state index is 0.146. The molecule has 4 heteroatoms. The molecule has 170 valence electrons. The summed E-state index contributed by atoms with van der Waals surface area (Å²) in [7, 11) is 0. The molecule has 0 heterocycles. The van der Waals surface area contributed by atoms with Crippen molar-refractivity contribution in [2.45, 2.75) is 82.5 Å². The van der Waals surface area contributed by atoms with Gasteiger partial charge in [-0.2, -0.15) is 0 Å². The van der Waals surface area contributed by atoms with E-state index < -0.39 is 0 Å². The summed E-state index contributed by atoms with van der Waals surface area (Å²) in [4.78, 5) is 0. The molecule has 6 rings (SSSR count). The lowest BCUT2D eigenvalue weighted by atomic mass is 9.33. The van der Waals surface area contributed by atoms with Crippen molar-refractivity contribution in [3.63, 3.8) is 0 Å². The monoisotopic (exact) mass is 440 g/mol. The van der Waals surface area contributed by atoms with E-state index in [1.54, 1.807) is 12.5 Å². The van der Waals surface area contributed by atoms with E-state index in [4.69, 9.17) is 20.0 Å². The summed E-state index contributed by atoms with van der Waals surface area (Å²) in [5, 5.41) is 17.8. The van der Waals surface area contributed by atoms with Crippen LogP contribution in [0, 0.1) is 33.9 Å². The molecule has 4 nitrogen and oxygen atoms in total. The summed E-state index contributed by atoms with van der Waals surface area (Å²) in [5.74, 6) is 1.23. The molecular formula is C29H32N2O2. The van der Waals surface area contributed by atoms with Gasteiger partial charge in [-0.1, -0.05) is 51.0 Å². The Balaban J connectivity index is 1.63. The van der Waals surface area contributed by atoms with Gasteiger partial charge in [-0.3, -0.25) is 0 Å². The molecule has 2 aromatic carbocycles. The van der Waals surface area contributed by atoms with Crippen molar-refractivity contribution in [1.29, 1.82) is 10.5 Å². The molecule has 2 unspecified atom stereocenters. The normalized spacial score (nSPS) is 33.8. The van der Waals surface area contributed by atoms with Crippen LogP contribution in [0.3, 0.4) is 0 Å². The Morgan fingerprint density at radius 2 is 1.12 bits per heavy atom. The number of benzene rings is 2. The van der Waals surface area contributed by atoms with Crippen LogP contribution in [-0.4, -0.2) is 0 Å². The van der Waals surface area contributed by atoms with E-state index in [9.17, 15) is 0 Å². The number of hydrogen-bond donors (Lipinski definition) is 0. The summed E-state index contributed by atoms with van der Waals surface area (Å²) in [6.07, 6.45) is 14.8. The number of hydrogen-bond acceptors (Lipinski definition) is 4. The Morgan fingerprint density at radius 3 is 1.52 bits per heavy atom. The van der Waals surface area contributed by atoms with Gasteiger partial charge in [-0.05, 0) is 102 Å². The third-order valence-corrected chi connectivity index (χ3v) is 9.07. The number of nitrogens with zero attached hydrogens (tertiary/aromatic N) is 2. The van der Waals surface area contributed by atoms with Crippen molar-refractivity contribution < 1.29 is 9.47 Å². The fraction of sp³-hybridized carbons (Fsp3) is 0.517. The lowest BCUT2D eigenvalue weighted by molar-refractivity contribution is -0.146. The van der Waals surface area contributed by atoms with E-state index >= 15 is 0 Å². The van der Waals surface area contributed by atoms with Crippen molar-refractivity contribution in [2.24, 2.45) is 10.8 Å². The zero-order chi connectivity index (χ0) is 23.2. The van der Waals surface area contributed by atoms with Crippen LogP contribution in [0.2, 0.25) is 0 Å². The molecule has 4 aliphatic carbocycles. The Hall–Kier alpha value is -2.98. The highest BCUT2D eigenvalue weighted by Crippen LogP contribution is 2.76. The van der Waals surface area contributed by atoms with Crippen LogP contribution < -0.4 is 9.47 Å². The molecule has 2 atom stereocenters. The first-order valence-electron chi connectivity index (χ1n) is 12.3. The minimum absolute atomic E-state index is 0.146. The molecule has 4 saturated carbocycles. The van der Waals surface area contributed by atoms with Gasteiger partial charge in [0.1, 0.15) is 11.5 Å². The van der Waals surface area contributed by atoms with Crippen molar-refractivity contribution in [3.8, 4) is 24.0 Å². The van der Waals surface area contributed by atoms with Crippen LogP contribution in [0.4, 0.5) is 0 Å². The Bertz CT molecular complexity index is 1030. The smallest absolute Gasteiger partial charge is 0.292 e. The largest absolute Gasteiger partial charge is 0.388 e. The molecule has 0 aliphatic heterocycles. The molecule has 4 aliphatic rings. The lowest BCUT2D eigenvalue weighted by Crippen LogP contribution is -2.64. The summed E-state index contributed by atoms with van der Waals surface area (Å²) in [6.45, 7) is 4.72. The van der Waals surface area contributed by atoms with Crippen molar-refractivity contribution in [2.75, 3.05) is 0 Å². The maximum atomic E-state index is 8.89. The van der Waals surface area contributed by atoms with Crippen LogP contribution in [0.1, 0.15) is 82.8 Å². The summed E-state index contributed by atoms with van der Waals surface area (Å²) in [5.41, 5.74) is 3.81. The first-order chi connectivity index (χ1) is 15.9. The molecular weight excluding hydrogens is 408 g/mol. The third-order valence-electron chi connectivity index (χ3n) is 9.07. The topological polar surface area (TPSA) is 66.0 Å². The minimum Gasteiger partial charge on any atom is -0.388 e. The molecule has 0 amide bonds. The third kappa shape index (κ3) is 3.48. The van der Waals surface area contributed by atoms with Gasteiger partial charge < -0.3 is 9.47 Å².